The minimum absolute atomic E-state index is 0.0195. The number of hydrogen-bond donors (Lipinski definition) is 1. The minimum Gasteiger partial charge on any atom is -0.324 e. The lowest BCUT2D eigenvalue weighted by molar-refractivity contribution is 0.669. The van der Waals surface area contributed by atoms with Gasteiger partial charge in [0.2, 0.25) is 0 Å². The first-order chi connectivity index (χ1) is 8.08. The molecule has 0 fully saturated rings. The molecule has 0 saturated carbocycles. The molecule has 2 rings (SSSR count). The average Bonchev–Trinajstić information content (AvgIpc) is 2.63. The van der Waals surface area contributed by atoms with E-state index in [1.807, 2.05) is 24.0 Å². The van der Waals surface area contributed by atoms with Gasteiger partial charge in [-0.2, -0.15) is 5.10 Å². The molecule has 2 aromatic rings. The van der Waals surface area contributed by atoms with Gasteiger partial charge in [-0.3, -0.25) is 4.68 Å². The van der Waals surface area contributed by atoms with Crippen LogP contribution in [0.3, 0.4) is 0 Å². The molecule has 17 heavy (non-hydrogen) atoms. The zero-order valence-corrected chi connectivity index (χ0v) is 10.6. The Morgan fingerprint density at radius 2 is 1.88 bits per heavy atom. The highest BCUT2D eigenvalue weighted by molar-refractivity contribution is 5.36. The smallest absolute Gasteiger partial charge is 0.0643 e. The Labute approximate surface area is 102 Å². The Morgan fingerprint density at radius 1 is 1.24 bits per heavy atom. The molecule has 0 amide bonds. The summed E-state index contributed by atoms with van der Waals surface area (Å²) in [5.41, 5.74) is 11.1. The quantitative estimate of drug-likeness (QED) is 0.877. The summed E-state index contributed by atoms with van der Waals surface area (Å²) in [6.07, 6.45) is 2.74. The highest BCUT2D eigenvalue weighted by Gasteiger charge is 2.13. The Morgan fingerprint density at radius 3 is 2.41 bits per heavy atom. The molecular weight excluding hydrogens is 210 g/mol. The van der Waals surface area contributed by atoms with Gasteiger partial charge in [0.25, 0.3) is 0 Å². The van der Waals surface area contributed by atoms with Crippen molar-refractivity contribution in [2.24, 2.45) is 12.8 Å². The van der Waals surface area contributed by atoms with Crippen molar-refractivity contribution >= 4 is 0 Å². The summed E-state index contributed by atoms with van der Waals surface area (Å²) in [6, 6.07) is 8.34. The molecule has 1 aromatic heterocycles. The molecule has 90 valence electrons. The average molecular weight is 229 g/mol. The van der Waals surface area contributed by atoms with Gasteiger partial charge in [-0.25, -0.2) is 0 Å². The van der Waals surface area contributed by atoms with Gasteiger partial charge in [0.15, 0.2) is 0 Å². The Balaban J connectivity index is 2.22. The molecule has 0 aliphatic carbocycles. The van der Waals surface area contributed by atoms with Gasteiger partial charge in [-0.15, -0.1) is 0 Å². The molecule has 1 unspecified atom stereocenters. The fraction of sp³-hybridized carbons (Fsp3) is 0.357. The maximum Gasteiger partial charge on any atom is 0.0643 e. The van der Waals surface area contributed by atoms with E-state index in [-0.39, 0.29) is 6.04 Å². The fourth-order valence-electron chi connectivity index (χ4n) is 2.31. The van der Waals surface area contributed by atoms with E-state index in [9.17, 15) is 0 Å². The van der Waals surface area contributed by atoms with Crippen LogP contribution in [0, 0.1) is 13.8 Å². The van der Waals surface area contributed by atoms with E-state index in [0.29, 0.717) is 0 Å². The van der Waals surface area contributed by atoms with Gasteiger partial charge in [0, 0.05) is 25.7 Å². The van der Waals surface area contributed by atoms with Crippen LogP contribution in [0.2, 0.25) is 0 Å². The van der Waals surface area contributed by atoms with Crippen LogP contribution in [0.1, 0.15) is 28.4 Å². The van der Waals surface area contributed by atoms with Crippen molar-refractivity contribution in [1.29, 1.82) is 0 Å². The molecule has 1 heterocycles. The number of aryl methyl sites for hydroxylation is 3. The van der Waals surface area contributed by atoms with E-state index >= 15 is 0 Å². The van der Waals surface area contributed by atoms with Gasteiger partial charge >= 0.3 is 0 Å². The van der Waals surface area contributed by atoms with Crippen LogP contribution >= 0.6 is 0 Å². The van der Waals surface area contributed by atoms with Crippen molar-refractivity contribution in [2.75, 3.05) is 0 Å². The van der Waals surface area contributed by atoms with E-state index in [2.05, 4.69) is 37.1 Å². The first-order valence-electron chi connectivity index (χ1n) is 5.88. The topological polar surface area (TPSA) is 43.8 Å². The van der Waals surface area contributed by atoms with Crippen LogP contribution in [0.4, 0.5) is 0 Å². The normalized spacial score (nSPS) is 12.7. The van der Waals surface area contributed by atoms with Crippen LogP contribution in [0.15, 0.2) is 30.5 Å². The molecule has 2 N–H and O–H groups in total. The summed E-state index contributed by atoms with van der Waals surface area (Å²) in [7, 11) is 1.92. The van der Waals surface area contributed by atoms with Gasteiger partial charge in [-0.05, 0) is 36.6 Å². The van der Waals surface area contributed by atoms with Gasteiger partial charge < -0.3 is 5.73 Å². The number of rotatable bonds is 3. The highest BCUT2D eigenvalue weighted by Crippen LogP contribution is 2.22. The number of nitrogens with zero attached hydrogens (tertiary/aromatic N) is 2. The Bertz CT molecular complexity index is 494. The van der Waals surface area contributed by atoms with Gasteiger partial charge in [0.05, 0.1) is 5.69 Å². The van der Waals surface area contributed by atoms with Crippen molar-refractivity contribution in [3.63, 3.8) is 0 Å². The van der Waals surface area contributed by atoms with Crippen molar-refractivity contribution in [3.05, 3.63) is 52.8 Å². The second-order valence-electron chi connectivity index (χ2n) is 4.60. The summed E-state index contributed by atoms with van der Waals surface area (Å²) in [4.78, 5) is 0. The largest absolute Gasteiger partial charge is 0.324 e. The molecular formula is C14H19N3. The van der Waals surface area contributed by atoms with Crippen molar-refractivity contribution in [3.8, 4) is 0 Å². The summed E-state index contributed by atoms with van der Waals surface area (Å²) >= 11 is 0. The van der Waals surface area contributed by atoms with Crippen molar-refractivity contribution < 1.29 is 0 Å². The second-order valence-corrected chi connectivity index (χ2v) is 4.60. The lowest BCUT2D eigenvalue weighted by atomic mass is 9.94. The predicted octanol–water partition coefficient (Wildman–Crippen LogP) is 2.28. The first kappa shape index (κ1) is 11.9. The number of aromatic nitrogens is 2. The highest BCUT2D eigenvalue weighted by atomic mass is 15.2. The summed E-state index contributed by atoms with van der Waals surface area (Å²) in [6.45, 7) is 4.22. The zero-order chi connectivity index (χ0) is 12.4. The van der Waals surface area contributed by atoms with Gasteiger partial charge in [0.1, 0.15) is 0 Å². The molecule has 0 spiro atoms. The summed E-state index contributed by atoms with van der Waals surface area (Å²) < 4.78 is 1.81. The van der Waals surface area contributed by atoms with E-state index in [4.69, 9.17) is 5.73 Å². The monoisotopic (exact) mass is 229 g/mol. The van der Waals surface area contributed by atoms with Crippen LogP contribution in [0.5, 0.6) is 0 Å². The predicted molar refractivity (Wildman–Crippen MR) is 69.8 cm³/mol. The van der Waals surface area contributed by atoms with Crippen LogP contribution < -0.4 is 5.73 Å². The number of nitrogens with two attached hydrogens (primary N) is 1. The van der Waals surface area contributed by atoms with Crippen molar-refractivity contribution in [1.82, 2.24) is 9.78 Å². The minimum atomic E-state index is 0.0195. The maximum absolute atomic E-state index is 6.29. The fourth-order valence-corrected chi connectivity index (χ4v) is 2.31. The Kier molecular flexibility index (Phi) is 3.29. The van der Waals surface area contributed by atoms with Crippen LogP contribution in [-0.2, 0) is 13.5 Å². The number of hydrogen-bond acceptors (Lipinski definition) is 2. The standard InChI is InChI=1S/C14H19N3/c1-10-5-4-6-11(2)14(10)13(15)9-12-7-8-17(3)16-12/h4-8,13H,9,15H2,1-3H3. The zero-order valence-electron chi connectivity index (χ0n) is 10.6. The third-order valence-electron chi connectivity index (χ3n) is 3.11. The van der Waals surface area contributed by atoms with Crippen LogP contribution in [0.25, 0.3) is 0 Å². The van der Waals surface area contributed by atoms with E-state index in [0.717, 1.165) is 12.1 Å². The maximum atomic E-state index is 6.29. The summed E-state index contributed by atoms with van der Waals surface area (Å²) in [5.74, 6) is 0. The molecule has 0 aliphatic heterocycles. The van der Waals surface area contributed by atoms with Crippen molar-refractivity contribution in [2.45, 2.75) is 26.3 Å². The molecule has 0 aliphatic rings. The number of benzene rings is 1. The van der Waals surface area contributed by atoms with E-state index in [1.165, 1.54) is 16.7 Å². The third-order valence-corrected chi connectivity index (χ3v) is 3.11. The van der Waals surface area contributed by atoms with Crippen LogP contribution in [-0.4, -0.2) is 9.78 Å². The molecule has 0 saturated heterocycles. The third kappa shape index (κ3) is 2.56. The molecule has 0 radical (unpaired) electrons. The first-order valence-corrected chi connectivity index (χ1v) is 5.88. The van der Waals surface area contributed by atoms with E-state index < -0.39 is 0 Å². The lowest BCUT2D eigenvalue weighted by Crippen LogP contribution is -2.16. The second kappa shape index (κ2) is 4.72. The molecule has 3 nitrogen and oxygen atoms in total. The lowest BCUT2D eigenvalue weighted by Gasteiger charge is -2.16. The molecule has 3 heteroatoms. The Hall–Kier alpha value is -1.61. The van der Waals surface area contributed by atoms with Gasteiger partial charge in [-0.1, -0.05) is 18.2 Å². The SMILES string of the molecule is Cc1cccc(C)c1C(N)Cc1ccn(C)n1. The molecule has 1 atom stereocenters. The molecule has 0 bridgehead atoms. The molecule has 1 aromatic carbocycles. The summed E-state index contributed by atoms with van der Waals surface area (Å²) in [5, 5.41) is 4.37. The van der Waals surface area contributed by atoms with E-state index in [1.54, 1.807) is 0 Å².